The largest absolute Gasteiger partial charge is 0.310 e. The molecule has 2 rings (SSSR count). The Morgan fingerprint density at radius 2 is 2.10 bits per heavy atom. The van der Waals surface area contributed by atoms with E-state index < -0.39 is 0 Å². The Labute approximate surface area is 125 Å². The fourth-order valence-electron chi connectivity index (χ4n) is 2.19. The minimum absolute atomic E-state index is 0.489. The molecule has 0 atom stereocenters. The molecule has 20 heavy (non-hydrogen) atoms. The molecule has 1 N–H and O–H groups in total. The lowest BCUT2D eigenvalue weighted by molar-refractivity contribution is 0.584. The lowest BCUT2D eigenvalue weighted by Crippen LogP contribution is -2.22. The smallest absolute Gasteiger partial charge is 0.0926 e. The topological polar surface area (TPSA) is 42.7 Å². The number of hydrogen-bond donors (Lipinski definition) is 1. The normalized spacial score (nSPS) is 11.5. The average Bonchev–Trinajstić information content (AvgIpc) is 2.94. The fraction of sp³-hybridized carbons (Fsp3) is 0.600. The van der Waals surface area contributed by atoms with E-state index in [-0.39, 0.29) is 0 Å². The van der Waals surface area contributed by atoms with Crippen LogP contribution in [-0.4, -0.2) is 20.8 Å². The number of thiazole rings is 1. The summed E-state index contributed by atoms with van der Waals surface area (Å²) in [6.07, 6.45) is 1.01. The highest BCUT2D eigenvalue weighted by atomic mass is 32.1. The molecule has 0 saturated carbocycles. The summed E-state index contributed by atoms with van der Waals surface area (Å²) in [6, 6.07) is 0.489. The van der Waals surface area contributed by atoms with Crippen molar-refractivity contribution < 1.29 is 0 Å². The van der Waals surface area contributed by atoms with Gasteiger partial charge in [-0.2, -0.15) is 5.10 Å². The Kier molecular flexibility index (Phi) is 4.94. The van der Waals surface area contributed by atoms with E-state index >= 15 is 0 Å². The van der Waals surface area contributed by atoms with Gasteiger partial charge in [-0.05, 0) is 20.3 Å². The van der Waals surface area contributed by atoms with Crippen molar-refractivity contribution in [2.75, 3.05) is 0 Å². The Bertz CT molecular complexity index is 568. The van der Waals surface area contributed by atoms with Gasteiger partial charge in [0, 0.05) is 29.2 Å². The van der Waals surface area contributed by atoms with Gasteiger partial charge < -0.3 is 5.32 Å². The first kappa shape index (κ1) is 15.2. The second kappa shape index (κ2) is 6.50. The van der Waals surface area contributed by atoms with Crippen LogP contribution in [0.1, 0.15) is 48.4 Å². The summed E-state index contributed by atoms with van der Waals surface area (Å²) in [6.45, 7) is 12.3. The summed E-state index contributed by atoms with van der Waals surface area (Å²) in [5.74, 6) is 0. The van der Waals surface area contributed by atoms with E-state index in [4.69, 9.17) is 0 Å². The molecule has 2 aromatic heterocycles. The van der Waals surface area contributed by atoms with Gasteiger partial charge in [0.05, 0.1) is 22.9 Å². The number of nitrogens with one attached hydrogen (secondary N) is 1. The highest BCUT2D eigenvalue weighted by molar-refractivity contribution is 7.09. The summed E-state index contributed by atoms with van der Waals surface area (Å²) < 4.78 is 2.07. The van der Waals surface area contributed by atoms with Crippen molar-refractivity contribution in [3.8, 4) is 0 Å². The highest BCUT2D eigenvalue weighted by Crippen LogP contribution is 2.16. The molecule has 2 aromatic rings. The maximum atomic E-state index is 4.66. The van der Waals surface area contributed by atoms with Crippen molar-refractivity contribution in [3.05, 3.63) is 33.0 Å². The predicted octanol–water partition coefficient (Wildman–Crippen LogP) is 3.07. The zero-order chi connectivity index (χ0) is 14.7. The molecule has 0 unspecified atom stereocenters. The average molecular weight is 292 g/mol. The molecule has 0 aliphatic heterocycles. The Balaban J connectivity index is 2.14. The predicted molar refractivity (Wildman–Crippen MR) is 84.3 cm³/mol. The Morgan fingerprint density at radius 1 is 1.35 bits per heavy atom. The number of aromatic nitrogens is 3. The molecule has 110 valence electrons. The van der Waals surface area contributed by atoms with Crippen LogP contribution in [0, 0.1) is 13.8 Å². The molecule has 0 aliphatic rings. The van der Waals surface area contributed by atoms with Gasteiger partial charge in [-0.15, -0.1) is 11.3 Å². The van der Waals surface area contributed by atoms with E-state index in [1.54, 1.807) is 11.3 Å². The van der Waals surface area contributed by atoms with Crippen molar-refractivity contribution in [2.24, 2.45) is 0 Å². The SMILES string of the molecule is CCc1nc(Cn2nc(C)c(CNC(C)C)c2C)cs1. The molecule has 5 heteroatoms. The zero-order valence-electron chi connectivity index (χ0n) is 13.0. The molecule has 0 bridgehead atoms. The summed E-state index contributed by atoms with van der Waals surface area (Å²) in [4.78, 5) is 4.62. The minimum Gasteiger partial charge on any atom is -0.310 e. The fourth-order valence-corrected chi connectivity index (χ4v) is 2.92. The van der Waals surface area contributed by atoms with Crippen molar-refractivity contribution in [2.45, 2.75) is 60.2 Å². The van der Waals surface area contributed by atoms with E-state index in [0.29, 0.717) is 6.04 Å². The van der Waals surface area contributed by atoms with Gasteiger partial charge in [-0.1, -0.05) is 20.8 Å². The molecule has 0 aliphatic carbocycles. The first-order valence-corrected chi connectivity index (χ1v) is 8.08. The third-order valence-electron chi connectivity index (χ3n) is 3.43. The van der Waals surface area contributed by atoms with E-state index in [0.717, 1.165) is 30.9 Å². The standard InChI is InChI=1S/C15H24N4S/c1-6-15-17-13(9-20-15)8-19-12(5)14(11(4)18-19)7-16-10(2)3/h9-10,16H,6-8H2,1-5H3. The summed E-state index contributed by atoms with van der Waals surface area (Å²) >= 11 is 1.74. The van der Waals surface area contributed by atoms with E-state index in [1.807, 2.05) is 0 Å². The van der Waals surface area contributed by atoms with Crippen molar-refractivity contribution >= 4 is 11.3 Å². The third-order valence-corrected chi connectivity index (χ3v) is 4.47. The van der Waals surface area contributed by atoms with E-state index in [9.17, 15) is 0 Å². The molecule has 0 fully saturated rings. The zero-order valence-corrected chi connectivity index (χ0v) is 13.8. The van der Waals surface area contributed by atoms with Crippen LogP contribution in [0.3, 0.4) is 0 Å². The van der Waals surface area contributed by atoms with Gasteiger partial charge in [0.1, 0.15) is 0 Å². The molecular formula is C15H24N4S. The molecular weight excluding hydrogens is 268 g/mol. The van der Waals surface area contributed by atoms with Crippen LogP contribution in [0.5, 0.6) is 0 Å². The number of nitrogens with zero attached hydrogens (tertiary/aromatic N) is 3. The molecule has 0 spiro atoms. The first-order valence-electron chi connectivity index (χ1n) is 7.20. The van der Waals surface area contributed by atoms with Gasteiger partial charge in [0.25, 0.3) is 0 Å². The van der Waals surface area contributed by atoms with Crippen molar-refractivity contribution in [1.82, 2.24) is 20.1 Å². The van der Waals surface area contributed by atoms with Crippen LogP contribution in [0.25, 0.3) is 0 Å². The third kappa shape index (κ3) is 3.46. The van der Waals surface area contributed by atoms with Crippen LogP contribution in [-0.2, 0) is 19.5 Å². The van der Waals surface area contributed by atoms with Crippen LogP contribution in [0.2, 0.25) is 0 Å². The van der Waals surface area contributed by atoms with E-state index in [2.05, 4.69) is 60.1 Å². The molecule has 2 heterocycles. The lowest BCUT2D eigenvalue weighted by atomic mass is 10.2. The monoisotopic (exact) mass is 292 g/mol. The van der Waals surface area contributed by atoms with E-state index in [1.165, 1.54) is 16.3 Å². The molecule has 0 amide bonds. The molecule has 4 nitrogen and oxygen atoms in total. The van der Waals surface area contributed by atoms with Crippen molar-refractivity contribution in [3.63, 3.8) is 0 Å². The van der Waals surface area contributed by atoms with Crippen LogP contribution in [0.4, 0.5) is 0 Å². The van der Waals surface area contributed by atoms with Gasteiger partial charge in [0.15, 0.2) is 0 Å². The first-order chi connectivity index (χ1) is 9.51. The summed E-state index contributed by atoms with van der Waals surface area (Å²) in [5.41, 5.74) is 4.77. The second-order valence-electron chi connectivity index (χ2n) is 5.43. The summed E-state index contributed by atoms with van der Waals surface area (Å²) in [5, 5.41) is 11.5. The Hall–Kier alpha value is -1.20. The Morgan fingerprint density at radius 3 is 2.70 bits per heavy atom. The molecule has 0 radical (unpaired) electrons. The maximum Gasteiger partial charge on any atom is 0.0926 e. The minimum atomic E-state index is 0.489. The highest BCUT2D eigenvalue weighted by Gasteiger charge is 2.12. The molecule has 0 saturated heterocycles. The quantitative estimate of drug-likeness (QED) is 0.890. The lowest BCUT2D eigenvalue weighted by Gasteiger charge is -2.08. The van der Waals surface area contributed by atoms with Gasteiger partial charge in [-0.3, -0.25) is 4.68 Å². The number of rotatable bonds is 6. The molecule has 0 aromatic carbocycles. The number of aryl methyl sites for hydroxylation is 2. The number of hydrogen-bond acceptors (Lipinski definition) is 4. The maximum absolute atomic E-state index is 4.66. The van der Waals surface area contributed by atoms with Crippen LogP contribution in [0.15, 0.2) is 5.38 Å². The van der Waals surface area contributed by atoms with Gasteiger partial charge >= 0.3 is 0 Å². The van der Waals surface area contributed by atoms with Crippen molar-refractivity contribution in [1.29, 1.82) is 0 Å². The van der Waals surface area contributed by atoms with Crippen LogP contribution < -0.4 is 5.32 Å². The second-order valence-corrected chi connectivity index (χ2v) is 6.37. The van der Waals surface area contributed by atoms with Gasteiger partial charge in [-0.25, -0.2) is 4.98 Å². The summed E-state index contributed by atoms with van der Waals surface area (Å²) in [7, 11) is 0. The van der Waals surface area contributed by atoms with Gasteiger partial charge in [0.2, 0.25) is 0 Å². The van der Waals surface area contributed by atoms with Crippen LogP contribution >= 0.6 is 11.3 Å².